The van der Waals surface area contributed by atoms with Gasteiger partial charge >= 0.3 is 0 Å². The molecule has 0 saturated carbocycles. The van der Waals surface area contributed by atoms with Gasteiger partial charge in [0.1, 0.15) is 0 Å². The first-order valence-corrected chi connectivity index (χ1v) is 7.90. The summed E-state index contributed by atoms with van der Waals surface area (Å²) >= 11 is 11.8. The summed E-state index contributed by atoms with van der Waals surface area (Å²) in [6, 6.07) is 4.53. The lowest BCUT2D eigenvalue weighted by Gasteiger charge is -2.41. The largest absolute Gasteiger partial charge is 0.341 e. The minimum atomic E-state index is -2.87. The molecule has 2 nitrogen and oxygen atoms in total. The molecule has 1 heterocycles. The van der Waals surface area contributed by atoms with E-state index >= 15 is 0 Å². The second-order valence-electron chi connectivity index (χ2n) is 6.74. The fourth-order valence-corrected chi connectivity index (χ4v) is 2.95. The predicted molar refractivity (Wildman–Crippen MR) is 84.8 cm³/mol. The van der Waals surface area contributed by atoms with Gasteiger partial charge in [-0.1, -0.05) is 50.0 Å². The van der Waals surface area contributed by atoms with Crippen LogP contribution in [0.4, 0.5) is 8.78 Å². The van der Waals surface area contributed by atoms with E-state index in [9.17, 15) is 13.6 Å². The van der Waals surface area contributed by atoms with E-state index in [0.29, 0.717) is 10.6 Å². The number of rotatable bonds is 1. The zero-order chi connectivity index (χ0) is 16.7. The van der Waals surface area contributed by atoms with Crippen molar-refractivity contribution in [3.05, 3.63) is 33.8 Å². The highest BCUT2D eigenvalue weighted by molar-refractivity contribution is 6.42. The van der Waals surface area contributed by atoms with Gasteiger partial charge in [0.15, 0.2) is 0 Å². The molecule has 122 valence electrons. The van der Waals surface area contributed by atoms with Gasteiger partial charge in [0.25, 0.3) is 5.92 Å². The Morgan fingerprint density at radius 3 is 2.45 bits per heavy atom. The number of carbonyl (C=O) groups excluding carboxylic acids is 1. The van der Waals surface area contributed by atoms with Crippen molar-refractivity contribution in [1.29, 1.82) is 0 Å². The summed E-state index contributed by atoms with van der Waals surface area (Å²) in [4.78, 5) is 13.9. The van der Waals surface area contributed by atoms with E-state index in [4.69, 9.17) is 23.2 Å². The van der Waals surface area contributed by atoms with Crippen molar-refractivity contribution in [2.75, 3.05) is 13.1 Å². The van der Waals surface area contributed by atoms with Crippen LogP contribution in [0.1, 0.15) is 38.7 Å². The lowest BCUT2D eigenvalue weighted by Crippen LogP contribution is -2.51. The van der Waals surface area contributed by atoms with Crippen molar-refractivity contribution >= 4 is 29.1 Å². The van der Waals surface area contributed by atoms with Crippen LogP contribution in [0.15, 0.2) is 18.2 Å². The Morgan fingerprint density at radius 2 is 1.91 bits per heavy atom. The van der Waals surface area contributed by atoms with Crippen LogP contribution in [0, 0.1) is 5.41 Å². The lowest BCUT2D eigenvalue weighted by atomic mass is 9.85. The van der Waals surface area contributed by atoms with Crippen LogP contribution >= 0.6 is 23.2 Å². The van der Waals surface area contributed by atoms with Gasteiger partial charge in [0.05, 0.1) is 16.0 Å². The Balaban J connectivity index is 2.30. The van der Waals surface area contributed by atoms with Crippen LogP contribution in [0.25, 0.3) is 0 Å². The Bertz CT molecular complexity index is 584. The van der Waals surface area contributed by atoms with E-state index in [1.54, 1.807) is 26.8 Å². The van der Waals surface area contributed by atoms with E-state index in [1.807, 2.05) is 0 Å². The van der Waals surface area contributed by atoms with Gasteiger partial charge in [0, 0.05) is 24.9 Å². The number of benzene rings is 1. The summed E-state index contributed by atoms with van der Waals surface area (Å²) in [6.07, 6.45) is -0.347. The number of halogens is 4. The maximum Gasteiger partial charge on any atom is 0.258 e. The molecule has 1 saturated heterocycles. The lowest BCUT2D eigenvalue weighted by molar-refractivity contribution is -0.147. The maximum atomic E-state index is 14.3. The van der Waals surface area contributed by atoms with Gasteiger partial charge in [-0.25, -0.2) is 8.78 Å². The summed E-state index contributed by atoms with van der Waals surface area (Å²) in [5.41, 5.74) is -0.180. The van der Waals surface area contributed by atoms with E-state index in [2.05, 4.69) is 0 Å². The molecule has 1 amide bonds. The number of hydrogen-bond acceptors (Lipinski definition) is 1. The first-order valence-electron chi connectivity index (χ1n) is 7.14. The standard InChI is InChI=1S/C16H19Cl2F2NO/c1-15(2,3)14(22)21-7-6-16(19,20)11(9-21)10-4-5-12(17)13(18)8-10/h4-5,8,11H,6-7,9H2,1-3H3. The third-order valence-corrected chi connectivity index (χ3v) is 4.64. The van der Waals surface area contributed by atoms with Crippen molar-refractivity contribution in [1.82, 2.24) is 4.90 Å². The van der Waals surface area contributed by atoms with Crippen LogP contribution in [-0.2, 0) is 4.79 Å². The third kappa shape index (κ3) is 3.54. The molecule has 1 aliphatic rings. The summed E-state index contributed by atoms with van der Waals surface area (Å²) in [6.45, 7) is 5.42. The molecule has 0 radical (unpaired) electrons. The van der Waals surface area contributed by atoms with Crippen molar-refractivity contribution in [2.24, 2.45) is 5.41 Å². The second kappa shape index (κ2) is 5.97. The Labute approximate surface area is 139 Å². The van der Waals surface area contributed by atoms with Gasteiger partial charge < -0.3 is 4.90 Å². The molecular formula is C16H19Cl2F2NO. The van der Waals surface area contributed by atoms with Gasteiger partial charge in [-0.2, -0.15) is 0 Å². The first kappa shape index (κ1) is 17.5. The van der Waals surface area contributed by atoms with E-state index in [1.165, 1.54) is 17.0 Å². The average molecular weight is 350 g/mol. The first-order chi connectivity index (χ1) is 10.0. The Morgan fingerprint density at radius 1 is 1.27 bits per heavy atom. The summed E-state index contributed by atoms with van der Waals surface area (Å²) < 4.78 is 28.6. The van der Waals surface area contributed by atoms with Crippen LogP contribution in [-0.4, -0.2) is 29.8 Å². The number of piperidine rings is 1. The fraction of sp³-hybridized carbons (Fsp3) is 0.562. The molecule has 0 spiro atoms. The third-order valence-electron chi connectivity index (χ3n) is 3.90. The molecule has 1 unspecified atom stereocenters. The molecule has 0 bridgehead atoms. The average Bonchev–Trinajstić information content (AvgIpc) is 2.40. The molecule has 1 aliphatic heterocycles. The minimum absolute atomic E-state index is 0.0128. The van der Waals surface area contributed by atoms with Crippen molar-refractivity contribution < 1.29 is 13.6 Å². The zero-order valence-electron chi connectivity index (χ0n) is 12.8. The highest BCUT2D eigenvalue weighted by Crippen LogP contribution is 2.42. The number of amides is 1. The van der Waals surface area contributed by atoms with Crippen LogP contribution in [0.3, 0.4) is 0 Å². The monoisotopic (exact) mass is 349 g/mol. The molecule has 1 fully saturated rings. The van der Waals surface area contributed by atoms with E-state index in [-0.39, 0.29) is 30.4 Å². The van der Waals surface area contributed by atoms with E-state index in [0.717, 1.165) is 0 Å². The highest BCUT2D eigenvalue weighted by atomic mass is 35.5. The molecule has 1 atom stereocenters. The second-order valence-corrected chi connectivity index (χ2v) is 7.55. The molecule has 1 aromatic rings. The normalized spacial score (nSPS) is 21.8. The molecular weight excluding hydrogens is 331 g/mol. The van der Waals surface area contributed by atoms with Crippen LogP contribution in [0.2, 0.25) is 10.0 Å². The van der Waals surface area contributed by atoms with Gasteiger partial charge in [-0.05, 0) is 17.7 Å². The predicted octanol–water partition coefficient (Wildman–Crippen LogP) is 4.99. The highest BCUT2D eigenvalue weighted by Gasteiger charge is 2.47. The van der Waals surface area contributed by atoms with Gasteiger partial charge in [-0.3, -0.25) is 4.79 Å². The zero-order valence-corrected chi connectivity index (χ0v) is 14.3. The molecule has 0 N–H and O–H groups in total. The van der Waals surface area contributed by atoms with Crippen molar-refractivity contribution in [3.8, 4) is 0 Å². The van der Waals surface area contributed by atoms with Gasteiger partial charge in [0.2, 0.25) is 5.91 Å². The molecule has 6 heteroatoms. The Hall–Kier alpha value is -0.870. The molecule has 2 rings (SSSR count). The summed E-state index contributed by atoms with van der Waals surface area (Å²) in [7, 11) is 0. The molecule has 0 aliphatic carbocycles. The number of likely N-dealkylation sites (tertiary alicyclic amines) is 1. The van der Waals surface area contributed by atoms with Gasteiger partial charge in [-0.15, -0.1) is 0 Å². The quantitative estimate of drug-likeness (QED) is 0.699. The smallest absolute Gasteiger partial charge is 0.258 e. The number of nitrogens with zero attached hydrogens (tertiary/aromatic N) is 1. The summed E-state index contributed by atoms with van der Waals surface area (Å²) in [5, 5.41) is 0.571. The molecule has 0 aromatic heterocycles. The SMILES string of the molecule is CC(C)(C)C(=O)N1CCC(F)(F)C(c2ccc(Cl)c(Cl)c2)C1. The number of alkyl halides is 2. The Kier molecular flexibility index (Phi) is 4.74. The molecule has 22 heavy (non-hydrogen) atoms. The van der Waals surface area contributed by atoms with Crippen LogP contribution in [0.5, 0.6) is 0 Å². The van der Waals surface area contributed by atoms with Crippen molar-refractivity contribution in [3.63, 3.8) is 0 Å². The summed E-state index contributed by atoms with van der Waals surface area (Å²) in [5.74, 6) is -4.05. The van der Waals surface area contributed by atoms with E-state index < -0.39 is 17.3 Å². The number of carbonyl (C=O) groups is 1. The number of hydrogen-bond donors (Lipinski definition) is 0. The maximum absolute atomic E-state index is 14.3. The fourth-order valence-electron chi connectivity index (χ4n) is 2.64. The van der Waals surface area contributed by atoms with Crippen LogP contribution < -0.4 is 0 Å². The molecule has 1 aromatic carbocycles. The topological polar surface area (TPSA) is 20.3 Å². The minimum Gasteiger partial charge on any atom is -0.341 e. The van der Waals surface area contributed by atoms with Crippen molar-refractivity contribution in [2.45, 2.75) is 39.0 Å².